The average molecular weight is 739 g/mol. The molecule has 0 saturated carbocycles. The second kappa shape index (κ2) is 17.1. The molecular formula is C41H54N8O5. The van der Waals surface area contributed by atoms with Gasteiger partial charge in [-0.1, -0.05) is 83.1 Å². The van der Waals surface area contributed by atoms with Crippen molar-refractivity contribution in [3.05, 3.63) is 66.7 Å². The van der Waals surface area contributed by atoms with E-state index in [4.69, 9.17) is 14.5 Å². The number of hydrogen-bond donors (Lipinski definition) is 4. The fourth-order valence-electron chi connectivity index (χ4n) is 6.45. The molecule has 1 aliphatic heterocycles. The Morgan fingerprint density at radius 3 is 2.00 bits per heavy atom. The number of rotatable bonds is 12. The number of aliphatic imine (C=N–C) groups is 1. The molecule has 4 N–H and O–H groups in total. The summed E-state index contributed by atoms with van der Waals surface area (Å²) in [4.78, 5) is 61.4. The molecule has 54 heavy (non-hydrogen) atoms. The van der Waals surface area contributed by atoms with Gasteiger partial charge in [0.2, 0.25) is 17.8 Å². The number of methoxy groups -OCH3 is 1. The second-order valence-corrected chi connectivity index (χ2v) is 15.3. The van der Waals surface area contributed by atoms with Gasteiger partial charge in [-0.3, -0.25) is 14.9 Å². The molecule has 0 spiro atoms. The van der Waals surface area contributed by atoms with Gasteiger partial charge in [-0.2, -0.15) is 0 Å². The number of likely N-dealkylation sites (tertiary alicyclic amines) is 1. The topological polar surface area (TPSA) is 167 Å². The highest BCUT2D eigenvalue weighted by Gasteiger charge is 2.37. The Labute approximate surface area is 317 Å². The van der Waals surface area contributed by atoms with E-state index in [-0.39, 0.29) is 29.7 Å². The van der Waals surface area contributed by atoms with Gasteiger partial charge in [-0.15, -0.1) is 0 Å². The Morgan fingerprint density at radius 1 is 0.889 bits per heavy atom. The molecule has 1 aliphatic rings. The van der Waals surface area contributed by atoms with Crippen LogP contribution >= 0.6 is 0 Å². The molecular weight excluding hydrogens is 685 g/mol. The third kappa shape index (κ3) is 9.74. The SMILES string of the molecule is CCC(=NC(C(=O)N1CCCC1c1ncc(-c2ccc(-c3ccc(-c4cnc(NC(=O)C(NC(=O)OC(C)(C)C)C(C)C)[nH]4)cc3)cc2)[nH]1)C(C)C)OC. The summed E-state index contributed by atoms with van der Waals surface area (Å²) in [6.45, 7) is 15.7. The van der Waals surface area contributed by atoms with Crippen LogP contribution in [0.5, 0.6) is 0 Å². The summed E-state index contributed by atoms with van der Waals surface area (Å²) in [5.74, 6) is 1.12. The molecule has 1 fully saturated rings. The Balaban J connectivity index is 1.22. The molecule has 3 heterocycles. The van der Waals surface area contributed by atoms with Crippen molar-refractivity contribution in [2.45, 2.75) is 98.4 Å². The van der Waals surface area contributed by atoms with Crippen LogP contribution in [0.15, 0.2) is 65.9 Å². The number of carbonyl (C=O) groups excluding carboxylic acids is 3. The van der Waals surface area contributed by atoms with Gasteiger partial charge in [0.25, 0.3) is 0 Å². The molecule has 3 atom stereocenters. The Hall–Kier alpha value is -5.46. The summed E-state index contributed by atoms with van der Waals surface area (Å²) in [6, 6.07) is 14.9. The highest BCUT2D eigenvalue weighted by molar-refractivity contribution is 5.95. The fourth-order valence-corrected chi connectivity index (χ4v) is 6.45. The maximum Gasteiger partial charge on any atom is 0.408 e. The van der Waals surface area contributed by atoms with E-state index >= 15 is 0 Å². The highest BCUT2D eigenvalue weighted by Crippen LogP contribution is 2.34. The number of benzene rings is 2. The summed E-state index contributed by atoms with van der Waals surface area (Å²) >= 11 is 0. The number of aromatic nitrogens is 4. The molecule has 1 saturated heterocycles. The predicted octanol–water partition coefficient (Wildman–Crippen LogP) is 7.76. The van der Waals surface area contributed by atoms with Crippen LogP contribution in [-0.2, 0) is 19.1 Å². The number of hydrogen-bond acceptors (Lipinski definition) is 8. The van der Waals surface area contributed by atoms with Crippen LogP contribution in [0.2, 0.25) is 0 Å². The smallest absolute Gasteiger partial charge is 0.408 e. The number of amides is 3. The molecule has 3 unspecified atom stereocenters. The number of nitrogens with one attached hydrogen (secondary N) is 4. The van der Waals surface area contributed by atoms with E-state index in [0.29, 0.717) is 18.9 Å². The molecule has 3 amide bonds. The second-order valence-electron chi connectivity index (χ2n) is 15.3. The van der Waals surface area contributed by atoms with E-state index in [1.165, 1.54) is 0 Å². The molecule has 0 bridgehead atoms. The number of imidazole rings is 2. The Bertz CT molecular complexity index is 1920. The van der Waals surface area contributed by atoms with E-state index in [9.17, 15) is 14.4 Å². The number of anilines is 1. The molecule has 0 aliphatic carbocycles. The minimum atomic E-state index is -0.804. The van der Waals surface area contributed by atoms with E-state index < -0.39 is 29.7 Å². The van der Waals surface area contributed by atoms with E-state index in [2.05, 4.69) is 54.8 Å². The van der Waals surface area contributed by atoms with Gasteiger partial charge < -0.3 is 29.7 Å². The monoisotopic (exact) mass is 738 g/mol. The highest BCUT2D eigenvalue weighted by atomic mass is 16.6. The summed E-state index contributed by atoms with van der Waals surface area (Å²) in [7, 11) is 1.60. The van der Waals surface area contributed by atoms with Crippen LogP contribution in [0, 0.1) is 11.8 Å². The van der Waals surface area contributed by atoms with Crippen LogP contribution in [0.4, 0.5) is 10.7 Å². The first kappa shape index (κ1) is 39.7. The lowest BCUT2D eigenvalue weighted by atomic mass is 10.0. The minimum absolute atomic E-state index is 0.00743. The normalized spacial score (nSPS) is 16.0. The lowest BCUT2D eigenvalue weighted by Gasteiger charge is -2.28. The zero-order valence-electron chi connectivity index (χ0n) is 32.8. The Morgan fingerprint density at radius 2 is 1.46 bits per heavy atom. The molecule has 13 nitrogen and oxygen atoms in total. The van der Waals surface area contributed by atoms with Crippen LogP contribution in [0.25, 0.3) is 33.6 Å². The first-order chi connectivity index (χ1) is 25.7. The number of ether oxygens (including phenoxy) is 2. The van der Waals surface area contributed by atoms with Gasteiger partial charge in [-0.25, -0.2) is 19.8 Å². The number of aromatic amines is 2. The zero-order valence-corrected chi connectivity index (χ0v) is 32.8. The van der Waals surface area contributed by atoms with Crippen LogP contribution in [0.1, 0.15) is 86.5 Å². The number of alkyl carbamates (subject to hydrolysis) is 1. The van der Waals surface area contributed by atoms with Crippen molar-refractivity contribution in [1.82, 2.24) is 30.2 Å². The lowest BCUT2D eigenvalue weighted by molar-refractivity contribution is -0.134. The number of H-pyrrole nitrogens is 2. The molecule has 13 heteroatoms. The van der Waals surface area contributed by atoms with Crippen molar-refractivity contribution in [2.75, 3.05) is 19.0 Å². The third-order valence-corrected chi connectivity index (χ3v) is 9.32. The van der Waals surface area contributed by atoms with Crippen LogP contribution in [0.3, 0.4) is 0 Å². The first-order valence-electron chi connectivity index (χ1n) is 18.7. The predicted molar refractivity (Wildman–Crippen MR) is 211 cm³/mol. The third-order valence-electron chi connectivity index (χ3n) is 9.32. The number of nitrogens with zero attached hydrogens (tertiary/aromatic N) is 4. The van der Waals surface area contributed by atoms with Gasteiger partial charge >= 0.3 is 6.09 Å². The Kier molecular flexibility index (Phi) is 12.6. The zero-order chi connectivity index (χ0) is 39.2. The van der Waals surface area contributed by atoms with E-state index in [1.54, 1.807) is 34.1 Å². The molecule has 0 radical (unpaired) electrons. The van der Waals surface area contributed by atoms with Gasteiger partial charge in [0, 0.05) is 13.0 Å². The van der Waals surface area contributed by atoms with Crippen molar-refractivity contribution in [3.63, 3.8) is 0 Å². The quantitative estimate of drug-likeness (QED) is 0.0851. The summed E-state index contributed by atoms with van der Waals surface area (Å²) in [6.07, 6.45) is 5.22. The van der Waals surface area contributed by atoms with Crippen molar-refractivity contribution in [3.8, 4) is 33.6 Å². The summed E-state index contributed by atoms with van der Waals surface area (Å²) < 4.78 is 10.7. The van der Waals surface area contributed by atoms with Crippen molar-refractivity contribution in [1.29, 1.82) is 0 Å². The largest absolute Gasteiger partial charge is 0.484 e. The summed E-state index contributed by atoms with van der Waals surface area (Å²) in [5.41, 5.74) is 4.93. The van der Waals surface area contributed by atoms with Gasteiger partial charge in [0.1, 0.15) is 23.5 Å². The van der Waals surface area contributed by atoms with Gasteiger partial charge in [-0.05, 0) is 67.7 Å². The van der Waals surface area contributed by atoms with Crippen molar-refractivity contribution in [2.24, 2.45) is 16.8 Å². The fraction of sp³-hybridized carbons (Fsp3) is 0.463. The van der Waals surface area contributed by atoms with E-state index in [1.807, 2.05) is 70.0 Å². The molecule has 2 aromatic heterocycles. The lowest BCUT2D eigenvalue weighted by Crippen LogP contribution is -2.48. The van der Waals surface area contributed by atoms with Crippen LogP contribution < -0.4 is 10.6 Å². The first-order valence-corrected chi connectivity index (χ1v) is 18.7. The number of carbonyl (C=O) groups is 3. The van der Waals surface area contributed by atoms with Crippen molar-refractivity contribution >= 4 is 29.8 Å². The molecule has 4 aromatic rings. The maximum atomic E-state index is 13.7. The van der Waals surface area contributed by atoms with Crippen LogP contribution in [-0.4, -0.2) is 80.0 Å². The van der Waals surface area contributed by atoms with Crippen molar-refractivity contribution < 1.29 is 23.9 Å². The molecule has 5 rings (SSSR count). The molecule has 2 aromatic carbocycles. The average Bonchev–Trinajstić information content (AvgIpc) is 3.92. The maximum absolute atomic E-state index is 13.7. The van der Waals surface area contributed by atoms with Gasteiger partial charge in [0.15, 0.2) is 5.90 Å². The summed E-state index contributed by atoms with van der Waals surface area (Å²) in [5, 5.41) is 5.43. The standard InChI is InChI=1S/C41H54N8O5/c1-10-33(53-9)46-35(25(4)5)38(51)49-21-11-12-32(49)36-42-22-30(44-36)28-17-13-26(14-18-28)27-15-19-29(20-16-27)31-23-43-39(45-31)48-37(50)34(24(2)3)47-40(52)54-41(6,7)8/h13-20,22-25,32,34-35H,10-12,21H2,1-9H3,(H,42,44)(H,47,52)(H2,43,45,48,50). The van der Waals surface area contributed by atoms with Gasteiger partial charge in [0.05, 0.1) is 36.9 Å². The van der Waals surface area contributed by atoms with E-state index in [0.717, 1.165) is 52.3 Å². The minimum Gasteiger partial charge on any atom is -0.484 e. The molecule has 288 valence electrons.